The first-order chi connectivity index (χ1) is 11.6. The third kappa shape index (κ3) is 3.27. The molecule has 0 bridgehead atoms. The maximum Gasteiger partial charge on any atom is 0.292 e. The van der Waals surface area contributed by atoms with E-state index in [0.29, 0.717) is 23.0 Å². The summed E-state index contributed by atoms with van der Waals surface area (Å²) in [6.45, 7) is 0.555. The number of nitrogens with two attached hydrogens (primary N) is 1. The summed E-state index contributed by atoms with van der Waals surface area (Å²) in [5.41, 5.74) is 1.52. The van der Waals surface area contributed by atoms with E-state index in [4.69, 9.17) is 16.3 Å². The number of hydrogen-bond acceptors (Lipinski definition) is 3. The Balaban J connectivity index is 1.70. The van der Waals surface area contributed by atoms with Gasteiger partial charge in [0.25, 0.3) is 5.91 Å². The van der Waals surface area contributed by atoms with Gasteiger partial charge in [0.2, 0.25) is 5.91 Å². The van der Waals surface area contributed by atoms with Gasteiger partial charge in [-0.05, 0) is 30.3 Å². The van der Waals surface area contributed by atoms with Gasteiger partial charge < -0.3 is 10.1 Å². The summed E-state index contributed by atoms with van der Waals surface area (Å²) in [4.78, 5) is 26.1. The van der Waals surface area contributed by atoms with Gasteiger partial charge in [-0.2, -0.15) is 0 Å². The maximum atomic E-state index is 12.6. The van der Waals surface area contributed by atoms with E-state index in [1.54, 1.807) is 31.4 Å². The number of methoxy groups -OCH3 is 1. The second kappa shape index (κ2) is 7.03. The first kappa shape index (κ1) is 16.5. The molecule has 1 aliphatic heterocycles. The Morgan fingerprint density at radius 3 is 2.54 bits per heavy atom. The average Bonchev–Trinajstić information content (AvgIpc) is 2.88. The minimum Gasteiger partial charge on any atom is -0.497 e. The van der Waals surface area contributed by atoms with Gasteiger partial charge in [-0.1, -0.05) is 29.8 Å². The minimum atomic E-state index is -0.420. The van der Waals surface area contributed by atoms with Crippen molar-refractivity contribution in [1.82, 2.24) is 0 Å². The van der Waals surface area contributed by atoms with Crippen molar-refractivity contribution < 1.29 is 19.6 Å². The molecule has 1 atom stereocenters. The highest BCUT2D eigenvalue weighted by molar-refractivity contribution is 6.31. The van der Waals surface area contributed by atoms with Crippen LogP contribution in [0.1, 0.15) is 12.0 Å². The van der Waals surface area contributed by atoms with Crippen LogP contribution < -0.4 is 15.0 Å². The summed E-state index contributed by atoms with van der Waals surface area (Å²) in [6.07, 6.45) is 0.190. The smallest absolute Gasteiger partial charge is 0.292 e. The highest BCUT2D eigenvalue weighted by Crippen LogP contribution is 2.24. The van der Waals surface area contributed by atoms with E-state index in [-0.39, 0.29) is 18.2 Å². The van der Waals surface area contributed by atoms with Crippen LogP contribution >= 0.6 is 11.6 Å². The van der Waals surface area contributed by atoms with Gasteiger partial charge in [-0.15, -0.1) is 0 Å². The molecule has 2 aromatic carbocycles. The summed E-state index contributed by atoms with van der Waals surface area (Å²) in [5, 5.41) is 2.53. The molecule has 0 spiro atoms. The number of halogens is 1. The first-order valence-electron chi connectivity index (χ1n) is 7.67. The first-order valence-corrected chi connectivity index (χ1v) is 8.05. The van der Waals surface area contributed by atoms with E-state index in [1.165, 1.54) is 4.90 Å². The number of quaternary nitrogens is 1. The van der Waals surface area contributed by atoms with E-state index in [1.807, 2.05) is 29.6 Å². The predicted molar refractivity (Wildman–Crippen MR) is 91.0 cm³/mol. The van der Waals surface area contributed by atoms with Crippen LogP contribution in [0.3, 0.4) is 0 Å². The van der Waals surface area contributed by atoms with E-state index in [2.05, 4.69) is 0 Å². The lowest BCUT2D eigenvalue weighted by Crippen LogP contribution is -2.90. The molecule has 5 nitrogen and oxygen atoms in total. The van der Waals surface area contributed by atoms with E-state index < -0.39 is 6.04 Å². The zero-order chi connectivity index (χ0) is 17.1. The van der Waals surface area contributed by atoms with Crippen molar-refractivity contribution in [1.29, 1.82) is 0 Å². The SMILES string of the molecule is COc1ccc(N2C(=O)C[C@H]([NH2+]Cc3ccccc3Cl)C2=O)cc1. The molecule has 124 valence electrons. The van der Waals surface area contributed by atoms with Crippen LogP contribution in [0.5, 0.6) is 5.75 Å². The molecule has 0 aromatic heterocycles. The number of ether oxygens (including phenoxy) is 1. The number of benzene rings is 2. The predicted octanol–water partition coefficient (Wildman–Crippen LogP) is 1.74. The number of anilines is 1. The second-order valence-electron chi connectivity index (χ2n) is 5.61. The van der Waals surface area contributed by atoms with E-state index in [0.717, 1.165) is 5.56 Å². The van der Waals surface area contributed by atoms with Gasteiger partial charge in [0.1, 0.15) is 12.3 Å². The molecular formula is C18H18ClN2O3+. The Morgan fingerprint density at radius 1 is 1.17 bits per heavy atom. The average molecular weight is 346 g/mol. The zero-order valence-electron chi connectivity index (χ0n) is 13.2. The highest BCUT2D eigenvalue weighted by Gasteiger charge is 2.42. The highest BCUT2D eigenvalue weighted by atomic mass is 35.5. The molecule has 0 aliphatic carbocycles. The van der Waals surface area contributed by atoms with Gasteiger partial charge in [0.15, 0.2) is 6.04 Å². The number of hydrogen-bond donors (Lipinski definition) is 1. The summed E-state index contributed by atoms with van der Waals surface area (Å²) >= 11 is 6.13. The number of imide groups is 1. The number of carbonyl (C=O) groups excluding carboxylic acids is 2. The van der Waals surface area contributed by atoms with Crippen LogP contribution in [0.4, 0.5) is 5.69 Å². The standard InChI is InChI=1S/C18H17ClN2O3/c1-24-14-8-6-13(7-9-14)21-17(22)10-16(18(21)23)20-11-12-4-2-3-5-15(12)19/h2-9,16,20H,10-11H2,1H3/p+1/t16-/m0/s1. The lowest BCUT2D eigenvalue weighted by Gasteiger charge is -2.14. The molecule has 1 fully saturated rings. The second-order valence-corrected chi connectivity index (χ2v) is 6.01. The van der Waals surface area contributed by atoms with E-state index in [9.17, 15) is 9.59 Å². The monoisotopic (exact) mass is 345 g/mol. The molecule has 6 heteroatoms. The summed E-state index contributed by atoms with van der Waals surface area (Å²) in [5.74, 6) is 0.294. The Morgan fingerprint density at radius 2 is 1.88 bits per heavy atom. The van der Waals surface area contributed by atoms with Crippen LogP contribution in [0.2, 0.25) is 5.02 Å². The summed E-state index contributed by atoms with van der Waals surface area (Å²) in [6, 6.07) is 14.0. The van der Waals surface area contributed by atoms with Crippen molar-refractivity contribution >= 4 is 29.1 Å². The molecule has 24 heavy (non-hydrogen) atoms. The number of rotatable bonds is 5. The van der Waals surface area contributed by atoms with Crippen molar-refractivity contribution in [2.45, 2.75) is 19.0 Å². The van der Waals surface area contributed by atoms with Crippen LogP contribution in [0, 0.1) is 0 Å². The third-order valence-corrected chi connectivity index (χ3v) is 4.46. The number of amides is 2. The molecule has 2 N–H and O–H groups in total. The molecule has 3 rings (SSSR count). The third-order valence-electron chi connectivity index (χ3n) is 4.09. The summed E-state index contributed by atoms with van der Waals surface area (Å²) in [7, 11) is 1.57. The molecule has 2 amide bonds. The fraction of sp³-hybridized carbons (Fsp3) is 0.222. The Bertz CT molecular complexity index is 761. The van der Waals surface area contributed by atoms with Crippen molar-refractivity contribution in [2.75, 3.05) is 12.0 Å². The largest absolute Gasteiger partial charge is 0.497 e. The van der Waals surface area contributed by atoms with Crippen LogP contribution in [-0.4, -0.2) is 25.0 Å². The van der Waals surface area contributed by atoms with Crippen LogP contribution in [0.15, 0.2) is 48.5 Å². The van der Waals surface area contributed by atoms with Gasteiger partial charge in [-0.3, -0.25) is 9.59 Å². The fourth-order valence-corrected chi connectivity index (χ4v) is 2.99. The molecule has 1 heterocycles. The molecular weight excluding hydrogens is 328 g/mol. The van der Waals surface area contributed by atoms with Crippen LogP contribution in [-0.2, 0) is 16.1 Å². The Labute approximate surface area is 145 Å². The molecule has 2 aromatic rings. The van der Waals surface area contributed by atoms with Crippen molar-refractivity contribution in [3.05, 3.63) is 59.1 Å². The zero-order valence-corrected chi connectivity index (χ0v) is 14.0. The quantitative estimate of drug-likeness (QED) is 0.840. The maximum absolute atomic E-state index is 12.6. The summed E-state index contributed by atoms with van der Waals surface area (Å²) < 4.78 is 5.10. The minimum absolute atomic E-state index is 0.189. The lowest BCUT2D eigenvalue weighted by molar-refractivity contribution is -0.690. The number of carbonyl (C=O) groups is 2. The molecule has 1 aliphatic rings. The normalized spacial score (nSPS) is 17.4. The van der Waals surface area contributed by atoms with Gasteiger partial charge in [0.05, 0.1) is 19.2 Å². The van der Waals surface area contributed by atoms with Crippen molar-refractivity contribution in [2.24, 2.45) is 0 Å². The van der Waals surface area contributed by atoms with Crippen molar-refractivity contribution in [3.63, 3.8) is 0 Å². The number of nitrogens with zero attached hydrogens (tertiary/aromatic N) is 1. The van der Waals surface area contributed by atoms with E-state index >= 15 is 0 Å². The lowest BCUT2D eigenvalue weighted by atomic mass is 10.2. The van der Waals surface area contributed by atoms with Gasteiger partial charge in [-0.25, -0.2) is 4.90 Å². The Hall–Kier alpha value is -2.37. The molecule has 0 unspecified atom stereocenters. The van der Waals surface area contributed by atoms with Gasteiger partial charge >= 0.3 is 0 Å². The molecule has 1 saturated heterocycles. The fourth-order valence-electron chi connectivity index (χ4n) is 2.78. The topological polar surface area (TPSA) is 63.2 Å². The van der Waals surface area contributed by atoms with Crippen molar-refractivity contribution in [3.8, 4) is 5.75 Å². The molecule has 0 radical (unpaired) electrons. The Kier molecular flexibility index (Phi) is 4.83. The van der Waals surface area contributed by atoms with Crippen LogP contribution in [0.25, 0.3) is 0 Å². The molecule has 0 saturated carbocycles. The van der Waals surface area contributed by atoms with Gasteiger partial charge in [0, 0.05) is 10.6 Å².